The number of nitrogens with zero attached hydrogens (tertiary/aromatic N) is 6. The van der Waals surface area contributed by atoms with Gasteiger partial charge in [-0.1, -0.05) is 49.4 Å². The molecule has 33 heavy (non-hydrogen) atoms. The predicted molar refractivity (Wildman–Crippen MR) is 135 cm³/mol. The molecule has 8 heteroatoms. The van der Waals surface area contributed by atoms with Crippen molar-refractivity contribution in [3.63, 3.8) is 0 Å². The highest BCUT2D eigenvalue weighted by Crippen LogP contribution is 2.30. The lowest BCUT2D eigenvalue weighted by atomic mass is 9.96. The Morgan fingerprint density at radius 3 is 2.33 bits per heavy atom. The molecule has 2 saturated heterocycles. The Kier molecular flexibility index (Phi) is 6.97. The van der Waals surface area contributed by atoms with Gasteiger partial charge in [0.2, 0.25) is 10.1 Å². The molecule has 0 bridgehead atoms. The molecule has 0 saturated carbocycles. The summed E-state index contributed by atoms with van der Waals surface area (Å²) < 4.78 is 1.95. The summed E-state index contributed by atoms with van der Waals surface area (Å²) >= 11 is 1.70. The van der Waals surface area contributed by atoms with Gasteiger partial charge in [0.25, 0.3) is 0 Å². The van der Waals surface area contributed by atoms with Gasteiger partial charge in [-0.15, -0.1) is 5.10 Å². The van der Waals surface area contributed by atoms with Crippen molar-refractivity contribution in [3.8, 4) is 11.3 Å². The van der Waals surface area contributed by atoms with Crippen molar-refractivity contribution in [2.75, 3.05) is 63.9 Å². The van der Waals surface area contributed by atoms with Crippen molar-refractivity contribution >= 4 is 21.4 Å². The number of aliphatic hydroxyl groups excluding tert-OH is 1. The first-order chi connectivity index (χ1) is 16.1. The molecule has 2 aliphatic rings. The zero-order chi connectivity index (χ0) is 22.8. The highest BCUT2D eigenvalue weighted by Gasteiger charge is 2.25. The van der Waals surface area contributed by atoms with Crippen LogP contribution in [0.25, 0.3) is 16.2 Å². The quantitative estimate of drug-likeness (QED) is 0.574. The molecule has 1 aromatic carbocycles. The number of β-amino-alcohol motifs (C(OH)–C–C–N with tert-alkyl or cyclic N) is 1. The Balaban J connectivity index is 1.15. The van der Waals surface area contributed by atoms with Gasteiger partial charge in [0.05, 0.1) is 18.5 Å². The molecule has 2 aliphatic heterocycles. The minimum atomic E-state index is 0.271. The van der Waals surface area contributed by atoms with E-state index in [9.17, 15) is 0 Å². The highest BCUT2D eigenvalue weighted by atomic mass is 32.1. The fourth-order valence-corrected chi connectivity index (χ4v) is 5.94. The maximum Gasteiger partial charge on any atom is 0.214 e. The van der Waals surface area contributed by atoms with Crippen molar-refractivity contribution in [3.05, 3.63) is 36.0 Å². The summed E-state index contributed by atoms with van der Waals surface area (Å²) in [6, 6.07) is 8.73. The lowest BCUT2D eigenvalue weighted by Crippen LogP contribution is -2.49. The van der Waals surface area contributed by atoms with Gasteiger partial charge in [-0.3, -0.25) is 4.90 Å². The summed E-state index contributed by atoms with van der Waals surface area (Å²) in [4.78, 5) is 13.2. The largest absolute Gasteiger partial charge is 0.395 e. The average Bonchev–Trinajstić information content (AvgIpc) is 3.41. The van der Waals surface area contributed by atoms with Crippen LogP contribution in [0.5, 0.6) is 0 Å². The van der Waals surface area contributed by atoms with Crippen LogP contribution in [0.15, 0.2) is 30.5 Å². The number of fused-ring (bicyclic) bond motifs is 1. The Labute approximate surface area is 200 Å². The number of hydrogen-bond donors (Lipinski definition) is 1. The summed E-state index contributed by atoms with van der Waals surface area (Å²) in [6.07, 6.45) is 4.52. The lowest BCUT2D eigenvalue weighted by molar-refractivity contribution is 0.0978. The van der Waals surface area contributed by atoms with Gasteiger partial charge in [0.15, 0.2) is 0 Å². The van der Waals surface area contributed by atoms with Crippen molar-refractivity contribution in [1.82, 2.24) is 24.4 Å². The number of rotatable bonds is 7. The third-order valence-corrected chi connectivity index (χ3v) is 8.17. The van der Waals surface area contributed by atoms with Crippen LogP contribution in [0.3, 0.4) is 0 Å². The molecule has 3 aromatic rings. The maximum atomic E-state index is 9.12. The Bertz CT molecular complexity index is 998. The number of piperidine rings is 1. The van der Waals surface area contributed by atoms with Gasteiger partial charge in [0.1, 0.15) is 0 Å². The summed E-state index contributed by atoms with van der Waals surface area (Å²) in [5.41, 5.74) is 3.50. The van der Waals surface area contributed by atoms with Crippen LogP contribution < -0.4 is 4.90 Å². The Hall–Kier alpha value is -2.00. The second-order valence-electron chi connectivity index (χ2n) is 9.81. The van der Waals surface area contributed by atoms with E-state index in [0.29, 0.717) is 5.92 Å². The number of aliphatic hydroxyl groups is 1. The maximum absolute atomic E-state index is 9.12. The van der Waals surface area contributed by atoms with Crippen LogP contribution in [0.2, 0.25) is 0 Å². The molecule has 178 valence electrons. The minimum absolute atomic E-state index is 0.271. The molecule has 4 heterocycles. The molecule has 0 amide bonds. The highest BCUT2D eigenvalue weighted by molar-refractivity contribution is 7.20. The summed E-state index contributed by atoms with van der Waals surface area (Å²) in [5.74, 6) is 1.31. The van der Waals surface area contributed by atoms with Crippen molar-refractivity contribution in [2.45, 2.75) is 32.6 Å². The monoisotopic (exact) mass is 468 g/mol. The van der Waals surface area contributed by atoms with Crippen LogP contribution in [0.4, 0.5) is 5.13 Å². The first kappa shape index (κ1) is 22.8. The predicted octanol–water partition coefficient (Wildman–Crippen LogP) is 3.41. The summed E-state index contributed by atoms with van der Waals surface area (Å²) in [6.45, 7) is 13.3. The van der Waals surface area contributed by atoms with E-state index in [0.717, 1.165) is 73.1 Å². The van der Waals surface area contributed by atoms with Crippen LogP contribution in [-0.4, -0.2) is 88.5 Å². The number of aromatic nitrogens is 3. The van der Waals surface area contributed by atoms with Gasteiger partial charge >= 0.3 is 0 Å². The zero-order valence-electron chi connectivity index (χ0n) is 19.9. The van der Waals surface area contributed by atoms with Gasteiger partial charge in [0, 0.05) is 57.9 Å². The van der Waals surface area contributed by atoms with E-state index in [2.05, 4.69) is 59.0 Å². The van der Waals surface area contributed by atoms with Crippen molar-refractivity contribution in [1.29, 1.82) is 0 Å². The Morgan fingerprint density at radius 2 is 1.70 bits per heavy atom. The third-order valence-electron chi connectivity index (χ3n) is 7.19. The molecule has 0 spiro atoms. The molecule has 0 unspecified atom stereocenters. The van der Waals surface area contributed by atoms with E-state index in [1.807, 2.05) is 4.52 Å². The molecule has 1 N–H and O–H groups in total. The summed E-state index contributed by atoms with van der Waals surface area (Å²) in [5, 5.41) is 15.1. The molecule has 2 aromatic heterocycles. The molecule has 7 nitrogen and oxygen atoms in total. The van der Waals surface area contributed by atoms with Gasteiger partial charge in [-0.25, -0.2) is 9.50 Å². The molecule has 2 fully saturated rings. The van der Waals surface area contributed by atoms with E-state index in [4.69, 9.17) is 15.2 Å². The van der Waals surface area contributed by atoms with Crippen LogP contribution in [-0.2, 0) is 0 Å². The summed E-state index contributed by atoms with van der Waals surface area (Å²) in [7, 11) is 0. The van der Waals surface area contributed by atoms with E-state index in [1.165, 1.54) is 24.9 Å². The molecular formula is C25H36N6OS. The second kappa shape index (κ2) is 10.1. The lowest BCUT2D eigenvalue weighted by Gasteiger charge is -2.38. The Morgan fingerprint density at radius 1 is 1.00 bits per heavy atom. The number of benzene rings is 1. The smallest absolute Gasteiger partial charge is 0.214 e. The van der Waals surface area contributed by atoms with Crippen LogP contribution >= 0.6 is 11.3 Å². The number of piperazine rings is 1. The number of imidazole rings is 1. The first-order valence-electron chi connectivity index (χ1n) is 12.4. The third kappa shape index (κ3) is 5.24. The molecule has 0 atom stereocenters. The topological polar surface area (TPSA) is 60.1 Å². The zero-order valence-corrected chi connectivity index (χ0v) is 20.7. The van der Waals surface area contributed by atoms with Crippen molar-refractivity contribution < 1.29 is 5.11 Å². The fourth-order valence-electron chi connectivity index (χ4n) is 5.00. The van der Waals surface area contributed by atoms with E-state index in [-0.39, 0.29) is 6.61 Å². The molecule has 0 radical (unpaired) electrons. The van der Waals surface area contributed by atoms with Crippen LogP contribution in [0.1, 0.15) is 38.2 Å². The molecule has 0 aliphatic carbocycles. The minimum Gasteiger partial charge on any atom is -0.395 e. The molecule has 5 rings (SSSR count). The second-order valence-corrected chi connectivity index (χ2v) is 10.7. The fraction of sp³-hybridized carbons (Fsp3) is 0.600. The van der Waals surface area contributed by atoms with E-state index in [1.54, 1.807) is 11.3 Å². The van der Waals surface area contributed by atoms with Crippen LogP contribution in [0, 0.1) is 5.92 Å². The van der Waals surface area contributed by atoms with Gasteiger partial charge in [-0.2, -0.15) is 0 Å². The average molecular weight is 469 g/mol. The van der Waals surface area contributed by atoms with Crippen molar-refractivity contribution in [2.24, 2.45) is 5.92 Å². The number of anilines is 1. The van der Waals surface area contributed by atoms with E-state index >= 15 is 0 Å². The van der Waals surface area contributed by atoms with Gasteiger partial charge < -0.3 is 14.9 Å². The standard InChI is InChI=1S/C25H36N6OS/c1-19(2)21-3-5-22(6-4-21)23-18-31-24(26-23)33-25(27-31)30-9-7-20(8-10-30)17-29-13-11-28(12-14-29)15-16-32/h3-6,18-20,32H,7-17H2,1-2H3. The molecular weight excluding hydrogens is 432 g/mol. The number of hydrogen-bond acceptors (Lipinski definition) is 7. The van der Waals surface area contributed by atoms with E-state index < -0.39 is 0 Å². The van der Waals surface area contributed by atoms with Gasteiger partial charge in [-0.05, 0) is 30.2 Å². The SMILES string of the molecule is CC(C)c1ccc(-c2cn3nc(N4CCC(CN5CCN(CCO)CC5)CC4)sc3n2)cc1. The first-order valence-corrected chi connectivity index (χ1v) is 13.2. The normalized spacial score (nSPS) is 19.2.